The van der Waals surface area contributed by atoms with Crippen LogP contribution in [0.1, 0.15) is 11.3 Å². The summed E-state index contributed by atoms with van der Waals surface area (Å²) < 4.78 is 6.80. The van der Waals surface area contributed by atoms with Gasteiger partial charge in [0.15, 0.2) is 0 Å². The van der Waals surface area contributed by atoms with Crippen molar-refractivity contribution in [3.63, 3.8) is 0 Å². The van der Waals surface area contributed by atoms with Gasteiger partial charge in [0.25, 0.3) is 0 Å². The van der Waals surface area contributed by atoms with E-state index >= 15 is 0 Å². The molecule has 0 fully saturated rings. The molecule has 1 heterocycles. The van der Waals surface area contributed by atoms with Crippen molar-refractivity contribution in [2.45, 2.75) is 13.5 Å². The Balaban J connectivity index is 1.83. The summed E-state index contributed by atoms with van der Waals surface area (Å²) in [5, 5.41) is 1.13. The van der Waals surface area contributed by atoms with Crippen LogP contribution in [0.15, 0.2) is 53.0 Å². The number of nitrogens with zero attached hydrogens (tertiary/aromatic N) is 1. The highest BCUT2D eigenvalue weighted by atomic mass is 79.9. The van der Waals surface area contributed by atoms with E-state index in [4.69, 9.17) is 10.5 Å². The van der Waals surface area contributed by atoms with E-state index in [-0.39, 0.29) is 0 Å². The number of nitrogen functional groups attached to an aromatic ring is 1. The first-order valence-electron chi connectivity index (χ1n) is 6.66. The second-order valence-electron chi connectivity index (χ2n) is 4.93. The van der Waals surface area contributed by atoms with E-state index in [2.05, 4.69) is 27.0 Å². The summed E-state index contributed by atoms with van der Waals surface area (Å²) in [5.41, 5.74) is 9.49. The first-order valence-corrected chi connectivity index (χ1v) is 7.46. The average molecular weight is 343 g/mol. The van der Waals surface area contributed by atoms with E-state index in [1.54, 1.807) is 0 Å². The number of aryl methyl sites for hydroxylation is 1. The molecule has 0 atom stereocenters. The fraction of sp³-hybridized carbons (Fsp3) is 0.118. The molecule has 0 aliphatic carbocycles. The van der Waals surface area contributed by atoms with Gasteiger partial charge in [-0.25, -0.2) is 4.98 Å². The third-order valence-electron chi connectivity index (χ3n) is 3.29. The number of anilines is 1. The first kappa shape index (κ1) is 13.9. The third kappa shape index (κ3) is 3.00. The molecular weight excluding hydrogens is 328 g/mol. The minimum atomic E-state index is 0.400. The molecule has 4 heteroatoms. The van der Waals surface area contributed by atoms with Crippen LogP contribution in [0.2, 0.25) is 0 Å². The largest absolute Gasteiger partial charge is 0.485 e. The molecule has 0 saturated carbocycles. The predicted molar refractivity (Wildman–Crippen MR) is 89.4 cm³/mol. The smallest absolute Gasteiger partial charge is 0.145 e. The molecule has 0 aliphatic heterocycles. The van der Waals surface area contributed by atoms with Crippen molar-refractivity contribution in [1.82, 2.24) is 4.98 Å². The quantitative estimate of drug-likeness (QED) is 0.714. The molecule has 2 N–H and O–H groups in total. The number of para-hydroxylation sites is 1. The Hall–Kier alpha value is -2.07. The molecule has 0 spiro atoms. The first-order chi connectivity index (χ1) is 10.1. The molecule has 3 rings (SSSR count). The van der Waals surface area contributed by atoms with Crippen molar-refractivity contribution in [1.29, 1.82) is 0 Å². The standard InChI is InChI=1S/C17H15BrN2O/c1-11-8-13(18)9-15(19)17(11)21-10-14-7-6-12-4-2-3-5-16(12)20-14/h2-9H,10,19H2,1H3. The number of fused-ring (bicyclic) bond motifs is 1. The number of hydrogen-bond donors (Lipinski definition) is 1. The van der Waals surface area contributed by atoms with Crippen LogP contribution in [-0.4, -0.2) is 4.98 Å². The lowest BCUT2D eigenvalue weighted by atomic mass is 10.2. The van der Waals surface area contributed by atoms with Crippen LogP contribution in [0.5, 0.6) is 5.75 Å². The normalized spacial score (nSPS) is 10.8. The van der Waals surface area contributed by atoms with Crippen LogP contribution in [-0.2, 0) is 6.61 Å². The predicted octanol–water partition coefficient (Wildman–Crippen LogP) is 4.47. The monoisotopic (exact) mass is 342 g/mol. The van der Waals surface area contributed by atoms with Gasteiger partial charge in [0.2, 0.25) is 0 Å². The Bertz CT molecular complexity index is 779. The maximum Gasteiger partial charge on any atom is 0.145 e. The fourth-order valence-electron chi connectivity index (χ4n) is 2.29. The molecule has 1 aromatic heterocycles. The van der Waals surface area contributed by atoms with Crippen molar-refractivity contribution >= 4 is 32.5 Å². The minimum absolute atomic E-state index is 0.400. The van der Waals surface area contributed by atoms with Gasteiger partial charge < -0.3 is 10.5 Å². The van der Waals surface area contributed by atoms with Gasteiger partial charge in [-0.3, -0.25) is 0 Å². The van der Waals surface area contributed by atoms with Gasteiger partial charge in [-0.15, -0.1) is 0 Å². The van der Waals surface area contributed by atoms with Crippen molar-refractivity contribution in [2.75, 3.05) is 5.73 Å². The van der Waals surface area contributed by atoms with Gasteiger partial charge in [-0.1, -0.05) is 40.2 Å². The zero-order valence-corrected chi connectivity index (χ0v) is 13.2. The Labute approximate surface area is 131 Å². The second-order valence-corrected chi connectivity index (χ2v) is 5.84. The zero-order chi connectivity index (χ0) is 14.8. The molecule has 106 valence electrons. The number of ether oxygens (including phenoxy) is 1. The second kappa shape index (κ2) is 5.74. The molecule has 3 nitrogen and oxygen atoms in total. The van der Waals surface area contributed by atoms with Gasteiger partial charge >= 0.3 is 0 Å². The highest BCUT2D eigenvalue weighted by molar-refractivity contribution is 9.10. The van der Waals surface area contributed by atoms with E-state index in [1.165, 1.54) is 0 Å². The van der Waals surface area contributed by atoms with E-state index in [1.807, 2.05) is 49.4 Å². The molecule has 3 aromatic rings. The van der Waals surface area contributed by atoms with Crippen molar-refractivity contribution < 1.29 is 4.74 Å². The van der Waals surface area contributed by atoms with E-state index in [0.29, 0.717) is 18.0 Å². The van der Waals surface area contributed by atoms with Crippen LogP contribution in [0.4, 0.5) is 5.69 Å². The molecule has 21 heavy (non-hydrogen) atoms. The van der Waals surface area contributed by atoms with E-state index in [9.17, 15) is 0 Å². The molecule has 0 radical (unpaired) electrons. The Kier molecular flexibility index (Phi) is 3.80. The number of aromatic nitrogens is 1. The van der Waals surface area contributed by atoms with Gasteiger partial charge in [0.1, 0.15) is 12.4 Å². The lowest BCUT2D eigenvalue weighted by Gasteiger charge is -2.12. The number of hydrogen-bond acceptors (Lipinski definition) is 3. The Morgan fingerprint density at radius 2 is 1.95 bits per heavy atom. The Morgan fingerprint density at radius 1 is 1.14 bits per heavy atom. The zero-order valence-electron chi connectivity index (χ0n) is 11.6. The van der Waals surface area contributed by atoms with Gasteiger partial charge in [0, 0.05) is 9.86 Å². The minimum Gasteiger partial charge on any atom is -0.485 e. The summed E-state index contributed by atoms with van der Waals surface area (Å²) in [6.07, 6.45) is 0. The van der Waals surface area contributed by atoms with Crippen LogP contribution in [0.3, 0.4) is 0 Å². The van der Waals surface area contributed by atoms with Gasteiger partial charge in [-0.2, -0.15) is 0 Å². The fourth-order valence-corrected chi connectivity index (χ4v) is 2.88. The van der Waals surface area contributed by atoms with Crippen molar-refractivity contribution in [3.05, 3.63) is 64.3 Å². The summed E-state index contributed by atoms with van der Waals surface area (Å²) in [5.74, 6) is 0.716. The lowest BCUT2D eigenvalue weighted by molar-refractivity contribution is 0.301. The lowest BCUT2D eigenvalue weighted by Crippen LogP contribution is -2.02. The van der Waals surface area contributed by atoms with Crippen LogP contribution < -0.4 is 10.5 Å². The summed E-state index contributed by atoms with van der Waals surface area (Å²) >= 11 is 3.42. The van der Waals surface area contributed by atoms with E-state index in [0.717, 1.165) is 26.6 Å². The molecule has 0 aliphatic rings. The van der Waals surface area contributed by atoms with Crippen LogP contribution in [0.25, 0.3) is 10.9 Å². The maximum absolute atomic E-state index is 6.00. The summed E-state index contributed by atoms with van der Waals surface area (Å²) in [7, 11) is 0. The topological polar surface area (TPSA) is 48.1 Å². The molecular formula is C17H15BrN2O. The molecule has 0 amide bonds. The van der Waals surface area contributed by atoms with Crippen LogP contribution >= 0.6 is 15.9 Å². The summed E-state index contributed by atoms with van der Waals surface area (Å²) in [4.78, 5) is 4.59. The van der Waals surface area contributed by atoms with Gasteiger partial charge in [0.05, 0.1) is 16.9 Å². The molecule has 0 bridgehead atoms. The molecule has 0 unspecified atom stereocenters. The maximum atomic E-state index is 6.00. The SMILES string of the molecule is Cc1cc(Br)cc(N)c1OCc1ccc2ccccc2n1. The highest BCUT2D eigenvalue weighted by Gasteiger charge is 2.07. The number of halogens is 1. The summed E-state index contributed by atoms with van der Waals surface area (Å²) in [6, 6.07) is 15.9. The highest BCUT2D eigenvalue weighted by Crippen LogP contribution is 2.30. The molecule has 2 aromatic carbocycles. The van der Waals surface area contributed by atoms with Gasteiger partial charge in [-0.05, 0) is 36.8 Å². The summed E-state index contributed by atoms with van der Waals surface area (Å²) in [6.45, 7) is 2.38. The third-order valence-corrected chi connectivity index (χ3v) is 3.75. The number of rotatable bonds is 3. The number of pyridine rings is 1. The van der Waals surface area contributed by atoms with Crippen LogP contribution in [0, 0.1) is 6.92 Å². The molecule has 0 saturated heterocycles. The van der Waals surface area contributed by atoms with Crippen molar-refractivity contribution in [2.24, 2.45) is 0 Å². The average Bonchev–Trinajstić information content (AvgIpc) is 2.46. The number of benzene rings is 2. The Morgan fingerprint density at radius 3 is 2.76 bits per heavy atom. The van der Waals surface area contributed by atoms with E-state index < -0.39 is 0 Å². The number of nitrogens with two attached hydrogens (primary N) is 1. The van der Waals surface area contributed by atoms with Crippen molar-refractivity contribution in [3.8, 4) is 5.75 Å².